The topological polar surface area (TPSA) is 52.8 Å². The summed E-state index contributed by atoms with van der Waals surface area (Å²) in [6.07, 6.45) is 2.05. The minimum Gasteiger partial charge on any atom is -0.454 e. The number of rotatable bonds is 4. The number of halogens is 1. The fourth-order valence-electron chi connectivity index (χ4n) is 2.73. The third-order valence-electron chi connectivity index (χ3n) is 4.00. The number of nitrogens with zero attached hydrogens (tertiary/aromatic N) is 2. The van der Waals surface area contributed by atoms with Crippen molar-refractivity contribution in [2.75, 3.05) is 18.8 Å². The molecule has 0 unspecified atom stereocenters. The second kappa shape index (κ2) is 7.34. The number of carbonyl (C=O) groups is 1. The summed E-state index contributed by atoms with van der Waals surface area (Å²) in [6.45, 7) is 0.981. The van der Waals surface area contributed by atoms with E-state index in [9.17, 15) is 4.79 Å². The molecule has 0 N–H and O–H groups in total. The fraction of sp³-hybridized carbons (Fsp3) is 0.222. The number of thioether (sulfide) groups is 1. The number of ether oxygens (including phenoxy) is 2. The quantitative estimate of drug-likeness (QED) is 0.652. The van der Waals surface area contributed by atoms with E-state index >= 15 is 0 Å². The van der Waals surface area contributed by atoms with Crippen LogP contribution in [-0.4, -0.2) is 29.3 Å². The number of thiazole rings is 1. The molecule has 0 spiro atoms. The van der Waals surface area contributed by atoms with Gasteiger partial charge >= 0.3 is 0 Å². The summed E-state index contributed by atoms with van der Waals surface area (Å²) in [6, 6.07) is 10.8. The molecule has 5 nitrogen and oxygen atoms in total. The summed E-state index contributed by atoms with van der Waals surface area (Å²) in [5.74, 6) is 2.00. The van der Waals surface area contributed by atoms with Crippen molar-refractivity contribution in [1.82, 2.24) is 4.57 Å². The van der Waals surface area contributed by atoms with Gasteiger partial charge in [-0.3, -0.25) is 4.79 Å². The first-order valence-electron chi connectivity index (χ1n) is 7.93. The van der Waals surface area contributed by atoms with Crippen LogP contribution in [0.15, 0.2) is 41.4 Å². The van der Waals surface area contributed by atoms with Gasteiger partial charge in [0, 0.05) is 24.4 Å². The third kappa shape index (κ3) is 3.22. The number of amides is 1. The Kier molecular flexibility index (Phi) is 4.93. The lowest BCUT2D eigenvalue weighted by atomic mass is 10.2. The van der Waals surface area contributed by atoms with E-state index in [1.807, 2.05) is 16.7 Å². The average molecular weight is 407 g/mol. The third-order valence-corrected chi connectivity index (χ3v) is 5.96. The highest BCUT2D eigenvalue weighted by molar-refractivity contribution is 7.98. The van der Waals surface area contributed by atoms with Gasteiger partial charge in [0.15, 0.2) is 16.3 Å². The summed E-state index contributed by atoms with van der Waals surface area (Å²) in [5, 5.41) is 0.402. The molecule has 1 aliphatic rings. The fourth-order valence-corrected chi connectivity index (χ4v) is 4.37. The van der Waals surface area contributed by atoms with E-state index < -0.39 is 0 Å². The molecular weight excluding hydrogens is 392 g/mol. The van der Waals surface area contributed by atoms with Crippen LogP contribution in [0.3, 0.4) is 0 Å². The summed E-state index contributed by atoms with van der Waals surface area (Å²) in [5.41, 5.74) is 1.39. The van der Waals surface area contributed by atoms with E-state index in [4.69, 9.17) is 21.1 Å². The molecule has 0 fully saturated rings. The molecule has 3 aromatic rings. The van der Waals surface area contributed by atoms with Crippen LogP contribution >= 0.6 is 34.7 Å². The monoisotopic (exact) mass is 406 g/mol. The zero-order valence-corrected chi connectivity index (χ0v) is 16.3. The Morgan fingerprint density at radius 3 is 2.85 bits per heavy atom. The molecule has 0 aliphatic carbocycles. The van der Waals surface area contributed by atoms with Gasteiger partial charge in [-0.1, -0.05) is 35.1 Å². The lowest BCUT2D eigenvalue weighted by molar-refractivity contribution is 0.0998. The number of hydrogen-bond acceptors (Lipinski definition) is 5. The molecule has 1 aromatic heterocycles. The smallest absolute Gasteiger partial charge is 0.281 e. The Balaban J connectivity index is 1.85. The molecule has 0 saturated carbocycles. The van der Waals surface area contributed by atoms with E-state index in [-0.39, 0.29) is 12.7 Å². The lowest BCUT2D eigenvalue weighted by Crippen LogP contribution is -2.18. The Morgan fingerprint density at radius 2 is 2.08 bits per heavy atom. The largest absolute Gasteiger partial charge is 0.454 e. The van der Waals surface area contributed by atoms with Crippen molar-refractivity contribution < 1.29 is 14.3 Å². The van der Waals surface area contributed by atoms with Gasteiger partial charge in [0.2, 0.25) is 6.79 Å². The van der Waals surface area contributed by atoms with Crippen molar-refractivity contribution in [3.8, 4) is 11.5 Å². The first-order valence-corrected chi connectivity index (χ1v) is 10.5. The van der Waals surface area contributed by atoms with Gasteiger partial charge in [0.1, 0.15) is 0 Å². The molecule has 1 aliphatic heterocycles. The van der Waals surface area contributed by atoms with Gasteiger partial charge in [0.05, 0.1) is 20.8 Å². The predicted octanol–water partition coefficient (Wildman–Crippen LogP) is 4.19. The standard InChI is InChI=1S/C18H15ClN2O3S2/c1-25-7-6-21-13-8-14-15(24-10-23-14)9-16(13)26-18(21)20-17(22)11-4-2-3-5-12(11)19/h2-5,8-9H,6-7,10H2,1H3. The van der Waals surface area contributed by atoms with Crippen LogP contribution in [0.2, 0.25) is 5.02 Å². The van der Waals surface area contributed by atoms with Gasteiger partial charge in [-0.05, 0) is 18.4 Å². The average Bonchev–Trinajstić information content (AvgIpc) is 3.21. The molecule has 0 atom stereocenters. The van der Waals surface area contributed by atoms with Crippen LogP contribution in [0.1, 0.15) is 10.4 Å². The number of fused-ring (bicyclic) bond motifs is 2. The maximum absolute atomic E-state index is 12.6. The van der Waals surface area contributed by atoms with Crippen LogP contribution in [-0.2, 0) is 6.54 Å². The first kappa shape index (κ1) is 17.5. The number of carbonyl (C=O) groups excluding carboxylic acids is 1. The van der Waals surface area contributed by atoms with Gasteiger partial charge < -0.3 is 14.0 Å². The minimum atomic E-state index is -0.347. The Bertz CT molecular complexity index is 1060. The zero-order chi connectivity index (χ0) is 18.1. The molecule has 1 amide bonds. The van der Waals surface area contributed by atoms with Crippen molar-refractivity contribution in [3.63, 3.8) is 0 Å². The summed E-state index contributed by atoms with van der Waals surface area (Å²) < 4.78 is 14.0. The van der Waals surface area contributed by atoms with Crippen LogP contribution in [0.4, 0.5) is 0 Å². The van der Waals surface area contributed by atoms with Gasteiger partial charge in [-0.25, -0.2) is 0 Å². The van der Waals surface area contributed by atoms with Crippen LogP contribution in [0, 0.1) is 0 Å². The SMILES string of the molecule is CSCCn1c(=NC(=O)c2ccccc2Cl)sc2cc3c(cc21)OCO3. The molecule has 0 saturated heterocycles. The second-order valence-corrected chi connectivity index (χ2v) is 8.00. The lowest BCUT2D eigenvalue weighted by Gasteiger charge is -2.05. The van der Waals surface area contributed by atoms with Gasteiger partial charge in [0.25, 0.3) is 5.91 Å². The number of hydrogen-bond donors (Lipinski definition) is 0. The normalized spacial score (nSPS) is 13.5. The van der Waals surface area contributed by atoms with Gasteiger partial charge in [-0.2, -0.15) is 16.8 Å². The highest BCUT2D eigenvalue weighted by Crippen LogP contribution is 2.37. The van der Waals surface area contributed by atoms with E-state index in [1.165, 1.54) is 11.3 Å². The molecular formula is C18H15ClN2O3S2. The van der Waals surface area contributed by atoms with Crippen molar-refractivity contribution >= 4 is 50.8 Å². The first-order chi connectivity index (χ1) is 12.7. The summed E-state index contributed by atoms with van der Waals surface area (Å²) in [7, 11) is 0. The van der Waals surface area contributed by atoms with E-state index in [0.29, 0.717) is 15.4 Å². The van der Waals surface area contributed by atoms with Crippen molar-refractivity contribution in [1.29, 1.82) is 0 Å². The Hall–Kier alpha value is -1.96. The van der Waals surface area contributed by atoms with Crippen LogP contribution in [0.5, 0.6) is 11.5 Å². The molecule has 2 aromatic carbocycles. The molecule has 2 heterocycles. The molecule has 8 heteroatoms. The predicted molar refractivity (Wildman–Crippen MR) is 106 cm³/mol. The van der Waals surface area contributed by atoms with Gasteiger partial charge in [-0.15, -0.1) is 0 Å². The van der Waals surface area contributed by atoms with Crippen LogP contribution in [0.25, 0.3) is 10.2 Å². The second-order valence-electron chi connectivity index (χ2n) is 5.60. The maximum Gasteiger partial charge on any atom is 0.281 e. The van der Waals surface area contributed by atoms with Crippen molar-refractivity contribution in [2.45, 2.75) is 6.54 Å². The van der Waals surface area contributed by atoms with E-state index in [2.05, 4.69) is 11.2 Å². The number of aryl methyl sites for hydroxylation is 1. The van der Waals surface area contributed by atoms with Crippen LogP contribution < -0.4 is 14.3 Å². The summed E-state index contributed by atoms with van der Waals surface area (Å²) >= 11 is 9.33. The molecule has 134 valence electrons. The summed E-state index contributed by atoms with van der Waals surface area (Å²) in [4.78, 5) is 17.6. The van der Waals surface area contributed by atoms with E-state index in [1.54, 1.807) is 36.0 Å². The zero-order valence-electron chi connectivity index (χ0n) is 13.9. The highest BCUT2D eigenvalue weighted by atomic mass is 35.5. The molecule has 0 bridgehead atoms. The molecule has 0 radical (unpaired) electrons. The number of benzene rings is 2. The van der Waals surface area contributed by atoms with E-state index in [0.717, 1.165) is 34.0 Å². The minimum absolute atomic E-state index is 0.236. The Labute approximate surface area is 163 Å². The maximum atomic E-state index is 12.6. The molecule has 26 heavy (non-hydrogen) atoms. The van der Waals surface area contributed by atoms with Crippen molar-refractivity contribution in [3.05, 3.63) is 51.8 Å². The van der Waals surface area contributed by atoms with Crippen molar-refractivity contribution in [2.24, 2.45) is 4.99 Å². The molecule has 4 rings (SSSR count). The highest BCUT2D eigenvalue weighted by Gasteiger charge is 2.18. The number of aromatic nitrogens is 1. The Morgan fingerprint density at radius 1 is 1.31 bits per heavy atom.